The summed E-state index contributed by atoms with van der Waals surface area (Å²) in [5.74, 6) is 1.57. The highest BCUT2D eigenvalue weighted by molar-refractivity contribution is 6.32. The summed E-state index contributed by atoms with van der Waals surface area (Å²) in [5.41, 5.74) is 0.379. The summed E-state index contributed by atoms with van der Waals surface area (Å²) in [7, 11) is 1.47. The fourth-order valence-corrected chi connectivity index (χ4v) is 3.28. The first-order valence-corrected chi connectivity index (χ1v) is 8.00. The Morgan fingerprint density at radius 3 is 2.61 bits per heavy atom. The number of methoxy groups -OCH3 is 1. The number of ether oxygens (including phenoxy) is 2. The Labute approximate surface area is 141 Å². The highest BCUT2D eigenvalue weighted by atomic mass is 35.5. The first-order valence-electron chi connectivity index (χ1n) is 7.62. The average molecular weight is 337 g/mol. The molecule has 5 nitrogen and oxygen atoms in total. The number of amides is 1. The molecule has 1 aromatic rings. The maximum atomic E-state index is 12.4. The van der Waals surface area contributed by atoms with Gasteiger partial charge in [0.05, 0.1) is 23.8 Å². The van der Waals surface area contributed by atoms with Crippen molar-refractivity contribution in [1.29, 1.82) is 5.26 Å². The van der Waals surface area contributed by atoms with Crippen LogP contribution >= 0.6 is 11.6 Å². The summed E-state index contributed by atoms with van der Waals surface area (Å²) in [6.45, 7) is 5.71. The van der Waals surface area contributed by atoms with Crippen molar-refractivity contribution in [1.82, 2.24) is 4.90 Å². The standard InChI is InChI=1S/C17H21ClN2O3/c1-11-4-12(2)9-20(8-11)16(21)10-23-17-14(18)5-13(7-19)6-15(17)22-3/h5-6,11-12H,4,8-10H2,1-3H3/t11-,12-/m0/s1. The van der Waals surface area contributed by atoms with Crippen LogP contribution in [-0.4, -0.2) is 37.6 Å². The number of rotatable bonds is 4. The number of halogens is 1. The van der Waals surface area contributed by atoms with Gasteiger partial charge in [0.25, 0.3) is 5.91 Å². The van der Waals surface area contributed by atoms with Crippen LogP contribution in [0.1, 0.15) is 25.8 Å². The molecule has 124 valence electrons. The number of carbonyl (C=O) groups is 1. The Hall–Kier alpha value is -1.93. The number of nitriles is 1. The van der Waals surface area contributed by atoms with Gasteiger partial charge in [0.1, 0.15) is 0 Å². The lowest BCUT2D eigenvalue weighted by molar-refractivity contribution is -0.136. The number of hydrogen-bond acceptors (Lipinski definition) is 4. The van der Waals surface area contributed by atoms with Crippen molar-refractivity contribution in [2.45, 2.75) is 20.3 Å². The predicted molar refractivity (Wildman–Crippen MR) is 87.7 cm³/mol. The van der Waals surface area contributed by atoms with E-state index in [0.29, 0.717) is 28.9 Å². The molecule has 1 fully saturated rings. The molecule has 23 heavy (non-hydrogen) atoms. The number of carbonyl (C=O) groups excluding carboxylic acids is 1. The van der Waals surface area contributed by atoms with E-state index in [1.807, 2.05) is 11.0 Å². The second kappa shape index (κ2) is 7.56. The van der Waals surface area contributed by atoms with Gasteiger partial charge in [0, 0.05) is 19.2 Å². The third-order valence-electron chi connectivity index (χ3n) is 3.92. The molecular formula is C17H21ClN2O3. The monoisotopic (exact) mass is 336 g/mol. The number of benzene rings is 1. The van der Waals surface area contributed by atoms with Crippen molar-refractivity contribution in [2.24, 2.45) is 11.8 Å². The zero-order valence-corrected chi connectivity index (χ0v) is 14.4. The molecule has 1 aliphatic heterocycles. The SMILES string of the molecule is COc1cc(C#N)cc(Cl)c1OCC(=O)N1C[C@@H](C)C[C@H](C)C1. The van der Waals surface area contributed by atoms with Gasteiger partial charge in [-0.15, -0.1) is 0 Å². The van der Waals surface area contributed by atoms with Gasteiger partial charge in [0.2, 0.25) is 0 Å². The van der Waals surface area contributed by atoms with Crippen LogP contribution in [0.4, 0.5) is 0 Å². The lowest BCUT2D eigenvalue weighted by Gasteiger charge is -2.34. The predicted octanol–water partition coefficient (Wildman–Crippen LogP) is 3.10. The van der Waals surface area contributed by atoms with E-state index in [-0.39, 0.29) is 17.5 Å². The van der Waals surface area contributed by atoms with Gasteiger partial charge in [-0.1, -0.05) is 25.4 Å². The lowest BCUT2D eigenvalue weighted by Crippen LogP contribution is -2.44. The minimum Gasteiger partial charge on any atom is -0.493 e. The second-order valence-electron chi connectivity index (χ2n) is 6.13. The normalized spacial score (nSPS) is 20.7. The van der Waals surface area contributed by atoms with Crippen LogP contribution in [0.15, 0.2) is 12.1 Å². The maximum absolute atomic E-state index is 12.4. The summed E-state index contributed by atoms with van der Waals surface area (Å²) >= 11 is 6.13. The fraction of sp³-hybridized carbons (Fsp3) is 0.529. The molecule has 0 spiro atoms. The smallest absolute Gasteiger partial charge is 0.260 e. The molecule has 1 saturated heterocycles. The van der Waals surface area contributed by atoms with Crippen LogP contribution in [0.3, 0.4) is 0 Å². The molecule has 1 heterocycles. The largest absolute Gasteiger partial charge is 0.493 e. The van der Waals surface area contributed by atoms with Gasteiger partial charge in [-0.25, -0.2) is 0 Å². The Morgan fingerprint density at radius 1 is 1.39 bits per heavy atom. The molecule has 1 aromatic carbocycles. The Bertz CT molecular complexity index is 617. The van der Waals surface area contributed by atoms with Crippen LogP contribution in [0.25, 0.3) is 0 Å². The van der Waals surface area contributed by atoms with E-state index in [4.69, 9.17) is 26.3 Å². The summed E-state index contributed by atoms with van der Waals surface area (Å²) in [6, 6.07) is 5.03. The first kappa shape index (κ1) is 17.4. The Kier molecular flexibility index (Phi) is 5.73. The molecule has 0 unspecified atom stereocenters. The summed E-state index contributed by atoms with van der Waals surface area (Å²) < 4.78 is 10.8. The molecule has 6 heteroatoms. The van der Waals surface area contributed by atoms with Gasteiger partial charge in [-0.3, -0.25) is 4.79 Å². The quantitative estimate of drug-likeness (QED) is 0.847. The van der Waals surface area contributed by atoms with Crippen LogP contribution in [0, 0.1) is 23.2 Å². The van der Waals surface area contributed by atoms with E-state index in [2.05, 4.69) is 13.8 Å². The van der Waals surface area contributed by atoms with Gasteiger partial charge in [-0.05, 0) is 24.3 Å². The highest BCUT2D eigenvalue weighted by Crippen LogP contribution is 2.36. The van der Waals surface area contributed by atoms with E-state index in [9.17, 15) is 4.79 Å². The minimum atomic E-state index is -0.0958. The Balaban J connectivity index is 2.06. The Morgan fingerprint density at radius 2 is 2.04 bits per heavy atom. The molecule has 0 radical (unpaired) electrons. The van der Waals surface area contributed by atoms with E-state index in [0.717, 1.165) is 19.5 Å². The third-order valence-corrected chi connectivity index (χ3v) is 4.20. The van der Waals surface area contributed by atoms with Crippen LogP contribution in [-0.2, 0) is 4.79 Å². The van der Waals surface area contributed by atoms with Crippen molar-refractivity contribution in [3.63, 3.8) is 0 Å². The number of likely N-dealkylation sites (tertiary alicyclic amines) is 1. The molecule has 0 saturated carbocycles. The van der Waals surface area contributed by atoms with E-state index < -0.39 is 0 Å². The number of piperidine rings is 1. The third kappa shape index (κ3) is 4.29. The van der Waals surface area contributed by atoms with Crippen molar-refractivity contribution in [2.75, 3.05) is 26.8 Å². The summed E-state index contributed by atoms with van der Waals surface area (Å²) in [4.78, 5) is 14.2. The van der Waals surface area contributed by atoms with Gasteiger partial charge in [0.15, 0.2) is 18.1 Å². The first-order chi connectivity index (χ1) is 10.9. The van der Waals surface area contributed by atoms with Crippen LogP contribution in [0.5, 0.6) is 11.5 Å². The fourth-order valence-electron chi connectivity index (χ4n) is 3.02. The average Bonchev–Trinajstić information content (AvgIpc) is 2.51. The number of nitrogens with zero attached hydrogens (tertiary/aromatic N) is 2. The second-order valence-corrected chi connectivity index (χ2v) is 6.54. The van der Waals surface area contributed by atoms with Crippen LogP contribution < -0.4 is 9.47 Å². The molecule has 2 atom stereocenters. The van der Waals surface area contributed by atoms with Crippen molar-refractivity contribution < 1.29 is 14.3 Å². The van der Waals surface area contributed by atoms with Crippen molar-refractivity contribution >= 4 is 17.5 Å². The minimum absolute atomic E-state index is 0.0640. The zero-order chi connectivity index (χ0) is 17.0. The molecule has 1 aliphatic rings. The lowest BCUT2D eigenvalue weighted by atomic mass is 9.92. The van der Waals surface area contributed by atoms with Gasteiger partial charge in [-0.2, -0.15) is 5.26 Å². The maximum Gasteiger partial charge on any atom is 0.260 e. The van der Waals surface area contributed by atoms with Crippen molar-refractivity contribution in [3.05, 3.63) is 22.7 Å². The highest BCUT2D eigenvalue weighted by Gasteiger charge is 2.26. The number of hydrogen-bond donors (Lipinski definition) is 0. The molecule has 0 bridgehead atoms. The zero-order valence-electron chi connectivity index (χ0n) is 13.6. The molecule has 0 aromatic heterocycles. The molecule has 2 rings (SSSR count). The molecule has 0 aliphatic carbocycles. The molecule has 0 N–H and O–H groups in total. The van der Waals surface area contributed by atoms with E-state index >= 15 is 0 Å². The van der Waals surface area contributed by atoms with Crippen LogP contribution in [0.2, 0.25) is 5.02 Å². The van der Waals surface area contributed by atoms with Gasteiger partial charge >= 0.3 is 0 Å². The van der Waals surface area contributed by atoms with E-state index in [1.165, 1.54) is 19.2 Å². The molecular weight excluding hydrogens is 316 g/mol. The molecule has 1 amide bonds. The summed E-state index contributed by atoms with van der Waals surface area (Å²) in [5, 5.41) is 9.20. The van der Waals surface area contributed by atoms with Gasteiger partial charge < -0.3 is 14.4 Å². The topological polar surface area (TPSA) is 62.6 Å². The van der Waals surface area contributed by atoms with E-state index in [1.54, 1.807) is 0 Å². The summed E-state index contributed by atoms with van der Waals surface area (Å²) in [6.07, 6.45) is 1.14. The van der Waals surface area contributed by atoms with Crippen molar-refractivity contribution in [3.8, 4) is 17.6 Å².